The van der Waals surface area contributed by atoms with Crippen LogP contribution in [0.2, 0.25) is 0 Å². The molecule has 24 heavy (non-hydrogen) atoms. The number of carbonyl (C=O) groups excluding carboxylic acids is 2. The smallest absolute Gasteiger partial charge is 0.254 e. The predicted molar refractivity (Wildman–Crippen MR) is 89.5 cm³/mol. The van der Waals surface area contributed by atoms with Gasteiger partial charge in [0.2, 0.25) is 0 Å². The monoisotopic (exact) mass is 332 g/mol. The van der Waals surface area contributed by atoms with Crippen molar-refractivity contribution in [1.82, 2.24) is 30.2 Å². The molecule has 0 unspecified atom stereocenters. The standard InChI is InChI=1S/C16H24N6O2/c1-5-16(6-2,20-15(24)13-8-19-22(4)10-13)11-17-14(23)12-7-18-21(3)9-12/h7-10H,5-6,11H2,1-4H3,(H,17,23)(H,20,24). The molecule has 0 aliphatic heterocycles. The van der Waals surface area contributed by atoms with E-state index in [4.69, 9.17) is 0 Å². The molecule has 0 aromatic carbocycles. The number of hydrogen-bond acceptors (Lipinski definition) is 4. The minimum absolute atomic E-state index is 0.192. The van der Waals surface area contributed by atoms with Gasteiger partial charge in [0.15, 0.2) is 0 Å². The number of aromatic nitrogens is 4. The van der Waals surface area contributed by atoms with Crippen molar-refractivity contribution in [2.24, 2.45) is 14.1 Å². The Balaban J connectivity index is 2.03. The van der Waals surface area contributed by atoms with Gasteiger partial charge >= 0.3 is 0 Å². The van der Waals surface area contributed by atoms with Crippen molar-refractivity contribution >= 4 is 11.8 Å². The van der Waals surface area contributed by atoms with E-state index >= 15 is 0 Å². The summed E-state index contributed by atoms with van der Waals surface area (Å²) >= 11 is 0. The minimum atomic E-state index is -0.509. The summed E-state index contributed by atoms with van der Waals surface area (Å²) in [6.45, 7) is 4.33. The fraction of sp³-hybridized carbons (Fsp3) is 0.500. The molecule has 2 rings (SSSR count). The van der Waals surface area contributed by atoms with Crippen LogP contribution in [0.1, 0.15) is 47.4 Å². The molecular weight excluding hydrogens is 308 g/mol. The summed E-state index contributed by atoms with van der Waals surface area (Å²) in [6.07, 6.45) is 7.76. The van der Waals surface area contributed by atoms with E-state index in [1.807, 2.05) is 13.8 Å². The molecule has 130 valence electrons. The number of hydrogen-bond donors (Lipinski definition) is 2. The molecule has 2 aromatic heterocycles. The van der Waals surface area contributed by atoms with Crippen LogP contribution in [-0.4, -0.2) is 43.5 Å². The van der Waals surface area contributed by atoms with E-state index in [2.05, 4.69) is 20.8 Å². The maximum atomic E-state index is 12.4. The highest BCUT2D eigenvalue weighted by molar-refractivity contribution is 5.95. The fourth-order valence-corrected chi connectivity index (χ4v) is 2.46. The zero-order chi connectivity index (χ0) is 17.7. The lowest BCUT2D eigenvalue weighted by molar-refractivity contribution is 0.0857. The Morgan fingerprint density at radius 1 is 1.00 bits per heavy atom. The van der Waals surface area contributed by atoms with Crippen LogP contribution in [0, 0.1) is 0 Å². The Bertz CT molecular complexity index is 714. The lowest BCUT2D eigenvalue weighted by Gasteiger charge is -2.33. The van der Waals surface area contributed by atoms with Gasteiger partial charge in [0, 0.05) is 33.0 Å². The topological polar surface area (TPSA) is 93.8 Å². The molecule has 0 spiro atoms. The molecule has 2 N–H and O–H groups in total. The van der Waals surface area contributed by atoms with E-state index in [1.54, 1.807) is 35.9 Å². The second-order valence-corrected chi connectivity index (χ2v) is 5.93. The van der Waals surface area contributed by atoms with Gasteiger partial charge in [-0.25, -0.2) is 0 Å². The van der Waals surface area contributed by atoms with Crippen molar-refractivity contribution in [3.05, 3.63) is 35.9 Å². The number of aryl methyl sites for hydroxylation is 2. The van der Waals surface area contributed by atoms with Crippen LogP contribution < -0.4 is 10.6 Å². The summed E-state index contributed by atoms with van der Waals surface area (Å²) in [7, 11) is 3.52. The first kappa shape index (κ1) is 17.7. The Kier molecular flexibility index (Phi) is 5.38. The van der Waals surface area contributed by atoms with Gasteiger partial charge in [-0.05, 0) is 12.8 Å². The van der Waals surface area contributed by atoms with Crippen molar-refractivity contribution in [2.75, 3.05) is 6.54 Å². The lowest BCUT2D eigenvalue weighted by atomic mass is 9.92. The molecule has 0 fully saturated rings. The Morgan fingerprint density at radius 3 is 1.92 bits per heavy atom. The maximum absolute atomic E-state index is 12.4. The van der Waals surface area contributed by atoms with Gasteiger partial charge in [0.05, 0.1) is 29.1 Å². The first-order valence-corrected chi connectivity index (χ1v) is 7.97. The second kappa shape index (κ2) is 7.29. The number of rotatable bonds is 7. The zero-order valence-corrected chi connectivity index (χ0v) is 14.5. The molecule has 8 heteroatoms. The SMILES string of the molecule is CCC(CC)(CNC(=O)c1cnn(C)c1)NC(=O)c1cnn(C)c1. The average Bonchev–Trinajstić information content (AvgIpc) is 3.19. The van der Waals surface area contributed by atoms with E-state index in [1.165, 1.54) is 12.4 Å². The highest BCUT2D eigenvalue weighted by atomic mass is 16.2. The van der Waals surface area contributed by atoms with Crippen molar-refractivity contribution < 1.29 is 9.59 Å². The Morgan fingerprint density at radius 2 is 1.50 bits per heavy atom. The van der Waals surface area contributed by atoms with E-state index in [0.29, 0.717) is 30.5 Å². The largest absolute Gasteiger partial charge is 0.350 e. The average molecular weight is 332 g/mol. The predicted octanol–water partition coefficient (Wildman–Crippen LogP) is 0.872. The molecule has 0 atom stereocenters. The molecule has 0 saturated carbocycles. The number of carbonyl (C=O) groups is 2. The highest BCUT2D eigenvalue weighted by Crippen LogP contribution is 2.15. The van der Waals surface area contributed by atoms with Crippen molar-refractivity contribution in [1.29, 1.82) is 0 Å². The lowest BCUT2D eigenvalue weighted by Crippen LogP contribution is -2.55. The molecule has 8 nitrogen and oxygen atoms in total. The van der Waals surface area contributed by atoms with Gasteiger partial charge in [0.25, 0.3) is 11.8 Å². The fourth-order valence-electron chi connectivity index (χ4n) is 2.46. The van der Waals surface area contributed by atoms with Crippen molar-refractivity contribution in [3.8, 4) is 0 Å². The van der Waals surface area contributed by atoms with Crippen molar-refractivity contribution in [2.45, 2.75) is 32.2 Å². The normalized spacial score (nSPS) is 11.3. The summed E-state index contributed by atoms with van der Waals surface area (Å²) in [5, 5.41) is 13.9. The van der Waals surface area contributed by atoms with Gasteiger partial charge in [-0.2, -0.15) is 10.2 Å². The molecule has 2 aromatic rings. The summed E-state index contributed by atoms with van der Waals surface area (Å²) in [5.74, 6) is -0.396. The van der Waals surface area contributed by atoms with Crippen LogP contribution in [-0.2, 0) is 14.1 Å². The molecule has 0 aliphatic carbocycles. The van der Waals surface area contributed by atoms with Gasteiger partial charge < -0.3 is 10.6 Å². The zero-order valence-electron chi connectivity index (χ0n) is 14.5. The summed E-state index contributed by atoms with van der Waals surface area (Å²) in [5.41, 5.74) is 0.490. The third-order valence-electron chi connectivity index (χ3n) is 4.25. The number of nitrogens with one attached hydrogen (secondary N) is 2. The minimum Gasteiger partial charge on any atom is -0.350 e. The third-order valence-corrected chi connectivity index (χ3v) is 4.25. The van der Waals surface area contributed by atoms with Crippen LogP contribution in [0.15, 0.2) is 24.8 Å². The molecule has 0 radical (unpaired) electrons. The van der Waals surface area contributed by atoms with E-state index < -0.39 is 5.54 Å². The van der Waals surface area contributed by atoms with Gasteiger partial charge in [0.1, 0.15) is 0 Å². The molecule has 2 heterocycles. The first-order chi connectivity index (χ1) is 11.4. The first-order valence-electron chi connectivity index (χ1n) is 7.97. The quantitative estimate of drug-likeness (QED) is 0.787. The van der Waals surface area contributed by atoms with Crippen LogP contribution in [0.4, 0.5) is 0 Å². The van der Waals surface area contributed by atoms with Crippen molar-refractivity contribution in [3.63, 3.8) is 0 Å². The van der Waals surface area contributed by atoms with Gasteiger partial charge in [-0.3, -0.25) is 19.0 Å². The van der Waals surface area contributed by atoms with Crippen LogP contribution in [0.3, 0.4) is 0 Å². The number of nitrogens with zero attached hydrogens (tertiary/aromatic N) is 4. The highest BCUT2D eigenvalue weighted by Gasteiger charge is 2.29. The Hall–Kier alpha value is -2.64. The summed E-state index contributed by atoms with van der Waals surface area (Å²) in [4.78, 5) is 24.6. The van der Waals surface area contributed by atoms with E-state index in [-0.39, 0.29) is 11.8 Å². The number of amides is 2. The molecule has 0 aliphatic rings. The van der Waals surface area contributed by atoms with E-state index in [9.17, 15) is 9.59 Å². The van der Waals surface area contributed by atoms with Crippen LogP contribution in [0.25, 0.3) is 0 Å². The van der Waals surface area contributed by atoms with Gasteiger partial charge in [-0.1, -0.05) is 13.8 Å². The maximum Gasteiger partial charge on any atom is 0.254 e. The van der Waals surface area contributed by atoms with Crippen LogP contribution in [0.5, 0.6) is 0 Å². The molecular formula is C16H24N6O2. The molecule has 0 bridgehead atoms. The van der Waals surface area contributed by atoms with E-state index in [0.717, 1.165) is 0 Å². The Labute approximate surface area is 141 Å². The van der Waals surface area contributed by atoms with Crippen LogP contribution >= 0.6 is 0 Å². The summed E-state index contributed by atoms with van der Waals surface area (Å²) in [6, 6.07) is 0. The second-order valence-electron chi connectivity index (χ2n) is 5.93. The molecule has 2 amide bonds. The summed E-state index contributed by atoms with van der Waals surface area (Å²) < 4.78 is 3.16. The molecule has 0 saturated heterocycles. The third kappa shape index (κ3) is 4.01. The van der Waals surface area contributed by atoms with Gasteiger partial charge in [-0.15, -0.1) is 0 Å².